The van der Waals surface area contributed by atoms with E-state index in [-0.39, 0.29) is 5.88 Å². The number of benzene rings is 1. The van der Waals surface area contributed by atoms with Gasteiger partial charge in [-0.05, 0) is 24.6 Å². The smallest absolute Gasteiger partial charge is 0.222 e. The third-order valence-corrected chi connectivity index (χ3v) is 2.43. The molecule has 0 saturated heterocycles. The molecule has 2 N–H and O–H groups in total. The number of anilines is 1. The molecule has 0 bridgehead atoms. The molecule has 5 heteroatoms. The topological polar surface area (TPSA) is 70.5 Å². The van der Waals surface area contributed by atoms with Gasteiger partial charge in [-0.25, -0.2) is 0 Å². The predicted molar refractivity (Wildman–Crippen MR) is 64.2 cm³/mol. The average molecular weight is 234 g/mol. The number of nitrogens with two attached hydrogens (primary N) is 1. The van der Waals surface area contributed by atoms with Crippen LogP contribution in [0.25, 0.3) is 11.3 Å². The lowest BCUT2D eigenvalue weighted by Gasteiger charge is -2.12. The number of ether oxygens (including phenoxy) is 2. The number of rotatable bonds is 3. The molecule has 0 fully saturated rings. The Morgan fingerprint density at radius 3 is 2.47 bits per heavy atom. The quantitative estimate of drug-likeness (QED) is 0.881. The summed E-state index contributed by atoms with van der Waals surface area (Å²) in [5, 5.41) is 3.88. The van der Waals surface area contributed by atoms with E-state index >= 15 is 0 Å². The van der Waals surface area contributed by atoms with E-state index in [4.69, 9.17) is 19.7 Å². The van der Waals surface area contributed by atoms with E-state index < -0.39 is 0 Å². The van der Waals surface area contributed by atoms with Crippen LogP contribution < -0.4 is 15.2 Å². The normalized spacial score (nSPS) is 10.3. The Morgan fingerprint density at radius 2 is 1.94 bits per heavy atom. The zero-order chi connectivity index (χ0) is 12.4. The number of hydrogen-bond donors (Lipinski definition) is 1. The molecule has 5 nitrogen and oxygen atoms in total. The fourth-order valence-corrected chi connectivity index (χ4v) is 1.71. The van der Waals surface area contributed by atoms with Gasteiger partial charge in [-0.2, -0.15) is 0 Å². The van der Waals surface area contributed by atoms with Gasteiger partial charge in [-0.15, -0.1) is 0 Å². The molecule has 0 amide bonds. The van der Waals surface area contributed by atoms with Crippen molar-refractivity contribution in [2.45, 2.75) is 6.92 Å². The molecule has 0 atom stereocenters. The van der Waals surface area contributed by atoms with Crippen molar-refractivity contribution in [1.29, 1.82) is 0 Å². The van der Waals surface area contributed by atoms with Gasteiger partial charge in [0.2, 0.25) is 5.88 Å². The molecular weight excluding hydrogens is 220 g/mol. The zero-order valence-corrected chi connectivity index (χ0v) is 9.98. The molecule has 0 radical (unpaired) electrons. The summed E-state index contributed by atoms with van der Waals surface area (Å²) in [5.41, 5.74) is 7.98. The number of hydrogen-bond acceptors (Lipinski definition) is 5. The number of methoxy groups -OCH3 is 2. The summed E-state index contributed by atoms with van der Waals surface area (Å²) >= 11 is 0. The number of nitrogens with zero attached hydrogens (tertiary/aromatic N) is 1. The molecule has 2 aromatic rings. The van der Waals surface area contributed by atoms with Crippen LogP contribution >= 0.6 is 0 Å². The predicted octanol–water partition coefficient (Wildman–Crippen LogP) is 2.25. The first-order valence-electron chi connectivity index (χ1n) is 5.11. The van der Waals surface area contributed by atoms with Gasteiger partial charge in [0.15, 0.2) is 11.5 Å². The minimum absolute atomic E-state index is 0.266. The molecule has 1 aromatic carbocycles. The highest BCUT2D eigenvalue weighted by Gasteiger charge is 2.15. The van der Waals surface area contributed by atoms with Crippen molar-refractivity contribution in [3.63, 3.8) is 0 Å². The standard InChI is InChI=1S/C12H14N2O3/c1-7-4-8(9-6-11(13)17-14-9)12(16-3)10(5-7)15-2/h4-6H,13H2,1-3H3. The third-order valence-electron chi connectivity index (χ3n) is 2.43. The molecular formula is C12H14N2O3. The highest BCUT2D eigenvalue weighted by Crippen LogP contribution is 2.38. The van der Waals surface area contributed by atoms with Crippen molar-refractivity contribution in [2.24, 2.45) is 0 Å². The Morgan fingerprint density at radius 1 is 1.18 bits per heavy atom. The van der Waals surface area contributed by atoms with E-state index in [2.05, 4.69) is 5.16 Å². The SMILES string of the molecule is COc1cc(C)cc(-c2cc(N)on2)c1OC. The number of aryl methyl sites for hydroxylation is 1. The second-order valence-corrected chi connectivity index (χ2v) is 3.66. The van der Waals surface area contributed by atoms with Crippen molar-refractivity contribution < 1.29 is 14.0 Å². The summed E-state index contributed by atoms with van der Waals surface area (Å²) in [6.07, 6.45) is 0. The summed E-state index contributed by atoms with van der Waals surface area (Å²) in [5.74, 6) is 1.54. The Hall–Kier alpha value is -2.17. The molecule has 1 heterocycles. The van der Waals surface area contributed by atoms with Crippen LogP contribution in [0.4, 0.5) is 5.88 Å². The average Bonchev–Trinajstić information content (AvgIpc) is 2.74. The second-order valence-electron chi connectivity index (χ2n) is 3.66. The van der Waals surface area contributed by atoms with Crippen LogP contribution in [-0.4, -0.2) is 19.4 Å². The van der Waals surface area contributed by atoms with Crippen LogP contribution in [-0.2, 0) is 0 Å². The van der Waals surface area contributed by atoms with Crippen LogP contribution in [0.3, 0.4) is 0 Å². The lowest BCUT2D eigenvalue weighted by Crippen LogP contribution is -1.94. The van der Waals surface area contributed by atoms with E-state index in [0.717, 1.165) is 11.1 Å². The Kier molecular flexibility index (Phi) is 2.91. The second kappa shape index (κ2) is 4.37. The van der Waals surface area contributed by atoms with Crippen molar-refractivity contribution >= 4 is 5.88 Å². The minimum Gasteiger partial charge on any atom is -0.493 e. The number of nitrogen functional groups attached to an aromatic ring is 1. The molecule has 0 saturated carbocycles. The fourth-order valence-electron chi connectivity index (χ4n) is 1.71. The van der Waals surface area contributed by atoms with Crippen LogP contribution in [0, 0.1) is 6.92 Å². The summed E-state index contributed by atoms with van der Waals surface area (Å²) in [6.45, 7) is 1.97. The molecule has 0 aliphatic rings. The van der Waals surface area contributed by atoms with Gasteiger partial charge >= 0.3 is 0 Å². The van der Waals surface area contributed by atoms with Crippen molar-refractivity contribution in [1.82, 2.24) is 5.16 Å². The summed E-state index contributed by atoms with van der Waals surface area (Å²) < 4.78 is 15.5. The maximum atomic E-state index is 5.51. The van der Waals surface area contributed by atoms with Gasteiger partial charge in [-0.1, -0.05) is 5.16 Å². The first-order valence-corrected chi connectivity index (χ1v) is 5.11. The summed E-state index contributed by atoms with van der Waals surface area (Å²) in [4.78, 5) is 0. The van der Waals surface area contributed by atoms with Gasteiger partial charge < -0.3 is 19.7 Å². The molecule has 90 valence electrons. The first kappa shape index (κ1) is 11.3. The molecule has 0 spiro atoms. The fraction of sp³-hybridized carbons (Fsp3) is 0.250. The van der Waals surface area contributed by atoms with Gasteiger partial charge in [0, 0.05) is 11.6 Å². The molecule has 0 aliphatic carbocycles. The van der Waals surface area contributed by atoms with E-state index in [1.54, 1.807) is 20.3 Å². The van der Waals surface area contributed by atoms with Crippen LogP contribution in [0.2, 0.25) is 0 Å². The molecule has 0 unspecified atom stereocenters. The monoisotopic (exact) mass is 234 g/mol. The Bertz CT molecular complexity index is 535. The Balaban J connectivity index is 2.63. The van der Waals surface area contributed by atoms with E-state index in [0.29, 0.717) is 17.2 Å². The van der Waals surface area contributed by atoms with E-state index in [1.807, 2.05) is 19.1 Å². The summed E-state index contributed by atoms with van der Waals surface area (Å²) in [7, 11) is 3.18. The maximum absolute atomic E-state index is 5.51. The lowest BCUT2D eigenvalue weighted by atomic mass is 10.1. The largest absolute Gasteiger partial charge is 0.493 e. The lowest BCUT2D eigenvalue weighted by molar-refractivity contribution is 0.355. The van der Waals surface area contributed by atoms with Crippen LogP contribution in [0.15, 0.2) is 22.7 Å². The summed E-state index contributed by atoms with van der Waals surface area (Å²) in [6, 6.07) is 5.49. The molecule has 0 aliphatic heterocycles. The highest BCUT2D eigenvalue weighted by atomic mass is 16.5. The van der Waals surface area contributed by atoms with Crippen molar-refractivity contribution in [3.8, 4) is 22.8 Å². The van der Waals surface area contributed by atoms with E-state index in [9.17, 15) is 0 Å². The number of aromatic nitrogens is 1. The van der Waals surface area contributed by atoms with Gasteiger partial charge in [0.25, 0.3) is 0 Å². The van der Waals surface area contributed by atoms with E-state index in [1.165, 1.54) is 0 Å². The molecule has 17 heavy (non-hydrogen) atoms. The zero-order valence-electron chi connectivity index (χ0n) is 9.98. The van der Waals surface area contributed by atoms with Crippen molar-refractivity contribution in [2.75, 3.05) is 20.0 Å². The first-order chi connectivity index (χ1) is 8.15. The molecule has 2 rings (SSSR count). The van der Waals surface area contributed by atoms with Gasteiger partial charge in [0.05, 0.1) is 14.2 Å². The maximum Gasteiger partial charge on any atom is 0.222 e. The highest BCUT2D eigenvalue weighted by molar-refractivity contribution is 5.73. The van der Waals surface area contributed by atoms with Crippen LogP contribution in [0.1, 0.15) is 5.56 Å². The van der Waals surface area contributed by atoms with Crippen molar-refractivity contribution in [3.05, 3.63) is 23.8 Å². The van der Waals surface area contributed by atoms with Gasteiger partial charge in [0.1, 0.15) is 5.69 Å². The Labute approximate surface area is 99.1 Å². The van der Waals surface area contributed by atoms with Crippen LogP contribution in [0.5, 0.6) is 11.5 Å². The minimum atomic E-state index is 0.266. The molecule has 1 aromatic heterocycles. The van der Waals surface area contributed by atoms with Gasteiger partial charge in [-0.3, -0.25) is 0 Å². The third kappa shape index (κ3) is 2.04.